The van der Waals surface area contributed by atoms with Crippen molar-refractivity contribution in [3.63, 3.8) is 0 Å². The van der Waals surface area contributed by atoms with Gasteiger partial charge in [-0.15, -0.1) is 0 Å². The van der Waals surface area contributed by atoms with E-state index in [1.165, 1.54) is 23.4 Å². The zero-order valence-electron chi connectivity index (χ0n) is 14.7. The Hall–Kier alpha value is -2.75. The zero-order chi connectivity index (χ0) is 17.9. The average Bonchev–Trinajstić information content (AvgIpc) is 3.13. The van der Waals surface area contributed by atoms with Gasteiger partial charge in [-0.3, -0.25) is 0 Å². The zero-order valence-corrected chi connectivity index (χ0v) is 14.7. The standard InChI is InChI=1S/C22H23FN2O/c23-20-5-1-17(2-6-20)15-24-12-11-21(16-24)25-13-9-19(10-14-25)18-3-7-22(26)8-4-18/h1-8,11-12,16,19,26H,9-10,13-15H2. The van der Waals surface area contributed by atoms with Gasteiger partial charge in [-0.05, 0) is 60.2 Å². The van der Waals surface area contributed by atoms with E-state index in [1.54, 1.807) is 12.1 Å². The summed E-state index contributed by atoms with van der Waals surface area (Å²) in [6.07, 6.45) is 6.50. The Balaban J connectivity index is 1.36. The summed E-state index contributed by atoms with van der Waals surface area (Å²) in [4.78, 5) is 2.43. The Bertz CT molecular complexity index is 847. The van der Waals surface area contributed by atoms with Crippen LogP contribution in [-0.4, -0.2) is 22.8 Å². The van der Waals surface area contributed by atoms with E-state index in [0.29, 0.717) is 11.7 Å². The molecule has 0 spiro atoms. The number of nitrogens with zero attached hydrogens (tertiary/aromatic N) is 2. The summed E-state index contributed by atoms with van der Waals surface area (Å²) >= 11 is 0. The summed E-state index contributed by atoms with van der Waals surface area (Å²) in [6.45, 7) is 2.82. The first-order valence-corrected chi connectivity index (χ1v) is 9.11. The topological polar surface area (TPSA) is 28.4 Å². The van der Waals surface area contributed by atoms with Gasteiger partial charge in [-0.25, -0.2) is 4.39 Å². The van der Waals surface area contributed by atoms with Crippen LogP contribution < -0.4 is 4.90 Å². The number of phenols is 1. The van der Waals surface area contributed by atoms with Crippen molar-refractivity contribution in [2.45, 2.75) is 25.3 Å². The highest BCUT2D eigenvalue weighted by Crippen LogP contribution is 2.31. The van der Waals surface area contributed by atoms with Gasteiger partial charge >= 0.3 is 0 Å². The highest BCUT2D eigenvalue weighted by Gasteiger charge is 2.21. The van der Waals surface area contributed by atoms with Gasteiger partial charge in [0.2, 0.25) is 0 Å². The van der Waals surface area contributed by atoms with Gasteiger partial charge in [-0.1, -0.05) is 24.3 Å². The Morgan fingerprint density at radius 3 is 2.31 bits per heavy atom. The molecule has 1 fully saturated rings. The van der Waals surface area contributed by atoms with Gasteiger partial charge in [0.1, 0.15) is 11.6 Å². The van der Waals surface area contributed by atoms with Crippen molar-refractivity contribution >= 4 is 5.69 Å². The first-order chi connectivity index (χ1) is 12.7. The van der Waals surface area contributed by atoms with Crippen molar-refractivity contribution < 1.29 is 9.50 Å². The number of hydrogen-bond acceptors (Lipinski definition) is 2. The van der Waals surface area contributed by atoms with Crippen molar-refractivity contribution in [3.8, 4) is 5.75 Å². The molecule has 26 heavy (non-hydrogen) atoms. The van der Waals surface area contributed by atoms with Crippen LogP contribution in [0.4, 0.5) is 10.1 Å². The van der Waals surface area contributed by atoms with Gasteiger partial charge in [0.15, 0.2) is 0 Å². The minimum absolute atomic E-state index is 0.196. The van der Waals surface area contributed by atoms with E-state index in [-0.39, 0.29) is 5.82 Å². The predicted molar refractivity (Wildman–Crippen MR) is 102 cm³/mol. The molecule has 0 radical (unpaired) electrons. The molecule has 0 aliphatic carbocycles. The molecule has 0 amide bonds. The molecule has 0 saturated carbocycles. The highest BCUT2D eigenvalue weighted by atomic mass is 19.1. The van der Waals surface area contributed by atoms with Crippen molar-refractivity contribution in [1.82, 2.24) is 4.57 Å². The molecule has 134 valence electrons. The smallest absolute Gasteiger partial charge is 0.123 e. The molecule has 4 heteroatoms. The number of piperidine rings is 1. The van der Waals surface area contributed by atoms with Crippen LogP contribution in [0.5, 0.6) is 5.75 Å². The monoisotopic (exact) mass is 350 g/mol. The molecular weight excluding hydrogens is 327 g/mol. The molecule has 0 unspecified atom stereocenters. The van der Waals surface area contributed by atoms with E-state index < -0.39 is 0 Å². The number of aromatic hydroxyl groups is 1. The van der Waals surface area contributed by atoms with Crippen molar-refractivity contribution in [2.24, 2.45) is 0 Å². The van der Waals surface area contributed by atoms with E-state index >= 15 is 0 Å². The SMILES string of the molecule is Oc1ccc(C2CCN(c3ccn(Cc4ccc(F)cc4)c3)CC2)cc1. The van der Waals surface area contributed by atoms with Gasteiger partial charge in [0, 0.05) is 32.0 Å². The van der Waals surface area contributed by atoms with Crippen LogP contribution in [0.25, 0.3) is 0 Å². The Morgan fingerprint density at radius 1 is 0.923 bits per heavy atom. The lowest BCUT2D eigenvalue weighted by atomic mass is 9.89. The fraction of sp³-hybridized carbons (Fsp3) is 0.273. The van der Waals surface area contributed by atoms with Gasteiger partial charge in [0.25, 0.3) is 0 Å². The van der Waals surface area contributed by atoms with E-state index in [0.717, 1.165) is 38.0 Å². The predicted octanol–water partition coefficient (Wildman–Crippen LogP) is 4.77. The maximum atomic E-state index is 13.0. The first-order valence-electron chi connectivity index (χ1n) is 9.11. The molecule has 1 aliphatic rings. The molecule has 1 aromatic heterocycles. The van der Waals surface area contributed by atoms with E-state index in [1.807, 2.05) is 24.3 Å². The Morgan fingerprint density at radius 2 is 1.62 bits per heavy atom. The number of halogens is 1. The normalized spacial score (nSPS) is 15.3. The molecular formula is C22H23FN2O. The summed E-state index contributed by atoms with van der Waals surface area (Å²) < 4.78 is 15.2. The van der Waals surface area contributed by atoms with E-state index in [4.69, 9.17) is 0 Å². The molecule has 1 saturated heterocycles. The van der Waals surface area contributed by atoms with Crippen LogP contribution in [-0.2, 0) is 6.54 Å². The van der Waals surface area contributed by atoms with Crippen LogP contribution in [0.2, 0.25) is 0 Å². The van der Waals surface area contributed by atoms with E-state index in [9.17, 15) is 9.50 Å². The van der Waals surface area contributed by atoms with Crippen LogP contribution in [0, 0.1) is 5.82 Å². The highest BCUT2D eigenvalue weighted by molar-refractivity contribution is 5.46. The summed E-state index contributed by atoms with van der Waals surface area (Å²) in [5.41, 5.74) is 3.66. The fourth-order valence-corrected chi connectivity index (χ4v) is 3.73. The second kappa shape index (κ2) is 7.24. The Labute approximate surface area is 153 Å². The van der Waals surface area contributed by atoms with Gasteiger partial charge in [0.05, 0.1) is 5.69 Å². The maximum Gasteiger partial charge on any atom is 0.123 e. The van der Waals surface area contributed by atoms with Crippen LogP contribution in [0.15, 0.2) is 67.0 Å². The molecule has 2 heterocycles. The second-order valence-corrected chi connectivity index (χ2v) is 7.02. The molecule has 1 aliphatic heterocycles. The molecule has 3 aromatic rings. The lowest BCUT2D eigenvalue weighted by Gasteiger charge is -2.33. The quantitative estimate of drug-likeness (QED) is 0.734. The van der Waals surface area contributed by atoms with Crippen molar-refractivity contribution in [3.05, 3.63) is 83.9 Å². The number of anilines is 1. The van der Waals surface area contributed by atoms with Gasteiger partial charge < -0.3 is 14.6 Å². The summed E-state index contributed by atoms with van der Waals surface area (Å²) in [5, 5.41) is 9.44. The average molecular weight is 350 g/mol. The molecule has 0 atom stereocenters. The number of hydrogen-bond donors (Lipinski definition) is 1. The third-order valence-corrected chi connectivity index (χ3v) is 5.24. The van der Waals surface area contributed by atoms with Crippen molar-refractivity contribution in [2.75, 3.05) is 18.0 Å². The third kappa shape index (κ3) is 3.74. The Kier molecular flexibility index (Phi) is 4.65. The van der Waals surface area contributed by atoms with Crippen LogP contribution >= 0.6 is 0 Å². The number of benzene rings is 2. The number of aromatic nitrogens is 1. The number of rotatable bonds is 4. The minimum Gasteiger partial charge on any atom is -0.508 e. The van der Waals surface area contributed by atoms with Crippen molar-refractivity contribution in [1.29, 1.82) is 0 Å². The lowest BCUT2D eigenvalue weighted by molar-refractivity contribution is 0.473. The van der Waals surface area contributed by atoms with Crippen LogP contribution in [0.1, 0.15) is 29.9 Å². The third-order valence-electron chi connectivity index (χ3n) is 5.24. The molecule has 1 N–H and O–H groups in total. The first kappa shape index (κ1) is 16.7. The maximum absolute atomic E-state index is 13.0. The second-order valence-electron chi connectivity index (χ2n) is 7.02. The molecule has 4 rings (SSSR count). The number of phenolic OH excluding ortho intramolecular Hbond substituents is 1. The van der Waals surface area contributed by atoms with Crippen LogP contribution in [0.3, 0.4) is 0 Å². The summed E-state index contributed by atoms with van der Waals surface area (Å²) in [7, 11) is 0. The molecule has 0 bridgehead atoms. The summed E-state index contributed by atoms with van der Waals surface area (Å²) in [5.74, 6) is 0.695. The minimum atomic E-state index is -0.196. The summed E-state index contributed by atoms with van der Waals surface area (Å²) in [6, 6.07) is 16.5. The van der Waals surface area contributed by atoms with E-state index in [2.05, 4.69) is 27.9 Å². The molecule has 2 aromatic carbocycles. The fourth-order valence-electron chi connectivity index (χ4n) is 3.73. The molecule has 3 nitrogen and oxygen atoms in total. The largest absolute Gasteiger partial charge is 0.508 e. The van der Waals surface area contributed by atoms with Gasteiger partial charge in [-0.2, -0.15) is 0 Å². The lowest BCUT2D eigenvalue weighted by Crippen LogP contribution is -2.32.